The van der Waals surface area contributed by atoms with Crippen molar-refractivity contribution in [2.45, 2.75) is 25.7 Å². The fourth-order valence-electron chi connectivity index (χ4n) is 11.5. The number of hydrogen-bond donors (Lipinski definition) is 0. The molecule has 598 valence electrons. The fraction of sp³-hybridized carbons (Fsp3) is 0.111. The molecule has 0 aromatic heterocycles. The SMILES string of the molecule is C=CC(=O)COc1ccc(-c2ccc(C#N)cc2)cc1.[C-]#[N+]CC(=O)OCCOc1ccc(C(=O)Oc2ccc(-c3ccc(C#N)cc3)cc2)cc1.[C-]#[N+]c1ccc(-c2ccc(OC(=O)c3ccc(OCCOC(=O)C(C#N)(CCC(=O)Oc4ccc(-c5ccc(C#N)cc5)cc4)CCC(=O)Oc4ccc(-c5ccc(C#N)cc5)cc4)cc3)cc2)cc1. The van der Waals surface area contributed by atoms with E-state index in [1.54, 1.807) is 194 Å². The van der Waals surface area contributed by atoms with Gasteiger partial charge in [0.2, 0.25) is 0 Å². The Morgan fingerprint density at radius 1 is 0.336 bits per heavy atom. The molecule has 0 unspecified atom stereocenters. The monoisotopic (exact) mass is 1610 g/mol. The number of carbonyl (C=O) groups excluding carboxylic acids is 7. The minimum absolute atomic E-state index is 0.000285. The van der Waals surface area contributed by atoms with Crippen molar-refractivity contribution in [2.75, 3.05) is 39.6 Å². The average molecular weight is 1610 g/mol. The zero-order valence-corrected chi connectivity index (χ0v) is 65.2. The normalized spacial score (nSPS) is 10.2. The Labute approximate surface area is 703 Å². The Morgan fingerprint density at radius 2 is 0.615 bits per heavy atom. The summed E-state index contributed by atoms with van der Waals surface area (Å²) in [6.07, 6.45) is -0.176. The van der Waals surface area contributed by atoms with Gasteiger partial charge in [-0.25, -0.2) is 25.8 Å². The van der Waals surface area contributed by atoms with Crippen LogP contribution in [0.3, 0.4) is 0 Å². The van der Waals surface area contributed by atoms with Crippen LogP contribution in [0.5, 0.6) is 40.2 Å². The predicted octanol–water partition coefficient (Wildman–Crippen LogP) is 19.0. The van der Waals surface area contributed by atoms with Crippen LogP contribution in [-0.4, -0.2) is 81.2 Å². The first-order valence-electron chi connectivity index (χ1n) is 37.6. The van der Waals surface area contributed by atoms with E-state index in [4.69, 9.17) is 76.8 Å². The molecule has 122 heavy (non-hydrogen) atoms. The van der Waals surface area contributed by atoms with Gasteiger partial charge in [-0.3, -0.25) is 19.2 Å². The van der Waals surface area contributed by atoms with Crippen LogP contribution in [0.1, 0.15) is 68.7 Å². The summed E-state index contributed by atoms with van der Waals surface area (Å²) < 4.78 is 48.9. The maximum atomic E-state index is 13.8. The van der Waals surface area contributed by atoms with Gasteiger partial charge in [-0.15, -0.1) is 0 Å². The zero-order chi connectivity index (χ0) is 86.4. The van der Waals surface area contributed by atoms with Crippen LogP contribution in [0, 0.1) is 75.2 Å². The van der Waals surface area contributed by atoms with Crippen LogP contribution >= 0.6 is 0 Å². The van der Waals surface area contributed by atoms with E-state index < -0.39 is 41.2 Å². The molecule has 0 atom stereocenters. The van der Waals surface area contributed by atoms with Crippen molar-refractivity contribution in [1.29, 1.82) is 26.3 Å². The van der Waals surface area contributed by atoms with Crippen LogP contribution in [0.2, 0.25) is 0 Å². The van der Waals surface area contributed by atoms with Crippen molar-refractivity contribution in [3.8, 4) is 126 Å². The molecule has 0 saturated carbocycles. The number of benzene rings is 12. The maximum absolute atomic E-state index is 13.8. The van der Waals surface area contributed by atoms with Gasteiger partial charge < -0.3 is 47.5 Å². The molecule has 0 saturated heterocycles. The van der Waals surface area contributed by atoms with Gasteiger partial charge in [0.15, 0.2) is 23.5 Å². The Kier molecular flexibility index (Phi) is 31.8. The van der Waals surface area contributed by atoms with Gasteiger partial charge in [0.25, 0.3) is 0 Å². The molecule has 0 aliphatic carbocycles. The number of ether oxygens (including phenoxy) is 9. The van der Waals surface area contributed by atoms with Crippen molar-refractivity contribution < 1.29 is 76.2 Å². The lowest BCUT2D eigenvalue weighted by molar-refractivity contribution is -0.155. The van der Waals surface area contributed by atoms with Crippen molar-refractivity contribution in [2.24, 2.45) is 5.41 Å². The Morgan fingerprint density at radius 3 is 0.910 bits per heavy atom. The van der Waals surface area contributed by atoms with Gasteiger partial charge in [-0.05, 0) is 232 Å². The number of nitriles is 5. The van der Waals surface area contributed by atoms with E-state index in [1.165, 1.54) is 18.2 Å². The number of ketones is 1. The summed E-state index contributed by atoms with van der Waals surface area (Å²) in [6.45, 7) is 16.5. The molecule has 12 aromatic carbocycles. The Bertz CT molecular complexity index is 5860. The lowest BCUT2D eigenvalue weighted by Gasteiger charge is -2.24. The van der Waals surface area contributed by atoms with E-state index in [2.05, 4.69) is 40.5 Å². The van der Waals surface area contributed by atoms with Gasteiger partial charge in [-0.1, -0.05) is 140 Å². The zero-order valence-electron chi connectivity index (χ0n) is 65.2. The third kappa shape index (κ3) is 26.1. The topological polar surface area (TPSA) is 330 Å². The van der Waals surface area contributed by atoms with E-state index in [1.807, 2.05) is 91.0 Å². The standard InChI is InChI=1S/C57H40N4O9.C25H18N2O5.C17H13NO2/c1-61-48-20-10-43(11-21-48)46-16-28-52(29-17-46)70-55(64)47-18-22-49(23-19-47)66-34-35-67-56(65)57(38-60,32-30-53(62)68-50-24-12-44(13-25-50)41-6-2-39(36-58)3-7-41)33-31-54(63)69-51-26-14-45(15-27-51)42-8-4-40(37-59)5-9-42;1-27-17-24(28)31-15-14-30-22-10-8-21(9-11-22)25(29)32-23-12-6-20(7-13-23)19-4-2-18(16-26)3-5-19;1-2-16(19)12-20-17-9-7-15(8-10-17)14-5-3-13(11-18)4-6-14/h2-29H,30-35H2;2-13H,14-15,17H2;2-10H,1,12H2. The van der Waals surface area contributed by atoms with E-state index in [0.717, 1.165) is 55.6 Å². The van der Waals surface area contributed by atoms with Gasteiger partial charge in [0.05, 0.1) is 70.3 Å². The minimum atomic E-state index is -1.95. The highest BCUT2D eigenvalue weighted by Crippen LogP contribution is 2.35. The number of nitrogens with zero attached hydrogens (tertiary/aromatic N) is 7. The van der Waals surface area contributed by atoms with Crippen LogP contribution in [0.25, 0.3) is 65.3 Å². The molecule has 0 amide bonds. The second-order valence-corrected chi connectivity index (χ2v) is 26.3. The molecule has 0 N–H and O–H groups in total. The van der Waals surface area contributed by atoms with Gasteiger partial charge in [0.1, 0.15) is 66.7 Å². The molecule has 0 spiro atoms. The van der Waals surface area contributed by atoms with Gasteiger partial charge in [-0.2, -0.15) is 26.3 Å². The summed E-state index contributed by atoms with van der Waals surface area (Å²) in [6, 6.07) is 93.5. The molecule has 12 aromatic rings. The Hall–Kier alpha value is -17.3. The number of rotatable bonds is 31. The summed E-state index contributed by atoms with van der Waals surface area (Å²) in [4.78, 5) is 93.8. The number of carbonyl (C=O) groups is 7. The molecule has 0 aliphatic rings. The van der Waals surface area contributed by atoms with Crippen LogP contribution in [0.4, 0.5) is 5.69 Å². The van der Waals surface area contributed by atoms with Gasteiger partial charge >= 0.3 is 42.4 Å². The van der Waals surface area contributed by atoms with Crippen LogP contribution in [0.15, 0.2) is 304 Å². The first-order valence-corrected chi connectivity index (χ1v) is 37.6. The van der Waals surface area contributed by atoms with E-state index in [9.17, 15) is 38.8 Å². The molecule has 12 rings (SSSR count). The van der Waals surface area contributed by atoms with E-state index in [0.29, 0.717) is 62.3 Å². The quantitative estimate of drug-likeness (QED) is 0.0128. The molecule has 23 heteroatoms. The maximum Gasteiger partial charge on any atom is 0.387 e. The highest BCUT2D eigenvalue weighted by Gasteiger charge is 2.42. The second kappa shape index (κ2) is 44.5. The summed E-state index contributed by atoms with van der Waals surface area (Å²) in [7, 11) is 0. The smallest absolute Gasteiger partial charge is 0.387 e. The largest absolute Gasteiger partial charge is 0.490 e. The minimum Gasteiger partial charge on any atom is -0.490 e. The van der Waals surface area contributed by atoms with Crippen LogP contribution < -0.4 is 33.2 Å². The second-order valence-electron chi connectivity index (χ2n) is 26.3. The molecular formula is C99H71N7O16. The van der Waals surface area contributed by atoms with E-state index in [-0.39, 0.29) is 88.1 Å². The molecule has 0 bridgehead atoms. The number of hydrogen-bond acceptors (Lipinski definition) is 21. The molecule has 0 aliphatic heterocycles. The average Bonchev–Trinajstić information content (AvgIpc) is 0.846. The molecule has 0 fully saturated rings. The van der Waals surface area contributed by atoms with Crippen molar-refractivity contribution in [3.63, 3.8) is 0 Å². The number of esters is 6. The Balaban J connectivity index is 0.000000244. The molecule has 23 nitrogen and oxygen atoms in total. The summed E-state index contributed by atoms with van der Waals surface area (Å²) in [5.41, 5.74) is 10.6. The third-order valence-corrected chi connectivity index (χ3v) is 18.2. The molecule has 0 heterocycles. The summed E-state index contributed by atoms with van der Waals surface area (Å²) >= 11 is 0. The lowest BCUT2D eigenvalue weighted by atomic mass is 9.80. The fourth-order valence-corrected chi connectivity index (χ4v) is 11.5. The van der Waals surface area contributed by atoms with Crippen molar-refractivity contribution in [3.05, 3.63) is 360 Å². The molecule has 0 radical (unpaired) electrons. The van der Waals surface area contributed by atoms with Crippen LogP contribution in [-0.2, 0) is 33.4 Å². The highest BCUT2D eigenvalue weighted by molar-refractivity contribution is 5.92. The third-order valence-electron chi connectivity index (χ3n) is 18.2. The predicted molar refractivity (Wildman–Crippen MR) is 450 cm³/mol. The van der Waals surface area contributed by atoms with Crippen molar-refractivity contribution >= 4 is 47.3 Å². The molecular weight excluding hydrogens is 1540 g/mol. The lowest BCUT2D eigenvalue weighted by Crippen LogP contribution is -2.34. The van der Waals surface area contributed by atoms with Crippen molar-refractivity contribution in [1.82, 2.24) is 0 Å². The summed E-state index contributed by atoms with van der Waals surface area (Å²) in [5, 5.41) is 46.3. The van der Waals surface area contributed by atoms with E-state index >= 15 is 0 Å². The first kappa shape index (κ1) is 87.1. The first-order chi connectivity index (χ1) is 59.4. The highest BCUT2D eigenvalue weighted by atomic mass is 16.6. The van der Waals surface area contributed by atoms with Gasteiger partial charge in [0, 0.05) is 12.8 Å². The summed E-state index contributed by atoms with van der Waals surface area (Å²) in [5.74, 6) is -1.54.